The van der Waals surface area contributed by atoms with Crippen molar-refractivity contribution in [3.8, 4) is 11.8 Å². The molecule has 110 valence electrons. The van der Waals surface area contributed by atoms with Gasteiger partial charge < -0.3 is 19.9 Å². The lowest BCUT2D eigenvalue weighted by Gasteiger charge is -2.22. The molecule has 0 amide bonds. The van der Waals surface area contributed by atoms with Crippen LogP contribution < -0.4 is 10.1 Å². The van der Waals surface area contributed by atoms with Crippen LogP contribution in [0.2, 0.25) is 0 Å². The van der Waals surface area contributed by atoms with Crippen LogP contribution in [0.15, 0.2) is 24.3 Å². The zero-order valence-electron chi connectivity index (χ0n) is 12.0. The van der Waals surface area contributed by atoms with Crippen LogP contribution in [0.5, 0.6) is 5.75 Å². The third-order valence-corrected chi connectivity index (χ3v) is 3.01. The van der Waals surface area contributed by atoms with Gasteiger partial charge in [0.2, 0.25) is 0 Å². The minimum atomic E-state index is 0.0551. The molecule has 0 heterocycles. The van der Waals surface area contributed by atoms with Gasteiger partial charge in [-0.15, -0.1) is 0 Å². The maximum absolute atomic E-state index is 9.03. The Morgan fingerprint density at radius 3 is 2.60 bits per heavy atom. The van der Waals surface area contributed by atoms with Crippen molar-refractivity contribution in [1.29, 1.82) is 5.26 Å². The molecule has 1 aromatic rings. The van der Waals surface area contributed by atoms with E-state index >= 15 is 0 Å². The number of hydrogen-bond acceptors (Lipinski definition) is 5. The van der Waals surface area contributed by atoms with Crippen molar-refractivity contribution >= 4 is 0 Å². The normalized spacial score (nSPS) is 13.5. The van der Waals surface area contributed by atoms with Gasteiger partial charge in [-0.1, -0.05) is 12.1 Å². The monoisotopic (exact) mass is 278 g/mol. The van der Waals surface area contributed by atoms with Crippen LogP contribution in [-0.4, -0.2) is 38.1 Å². The molecule has 2 atom stereocenters. The molecule has 5 nitrogen and oxygen atoms in total. The number of aliphatic hydroxyl groups excluding tert-OH is 1. The molecule has 1 aromatic carbocycles. The summed E-state index contributed by atoms with van der Waals surface area (Å²) in [5, 5.41) is 20.9. The molecule has 0 aliphatic carbocycles. The smallest absolute Gasteiger partial charge is 0.174 e. The van der Waals surface area contributed by atoms with Crippen LogP contribution in [0.4, 0.5) is 0 Å². The van der Waals surface area contributed by atoms with Gasteiger partial charge in [-0.3, -0.25) is 0 Å². The van der Waals surface area contributed by atoms with Gasteiger partial charge in [-0.05, 0) is 31.0 Å². The topological polar surface area (TPSA) is 74.5 Å². The summed E-state index contributed by atoms with van der Waals surface area (Å²) < 4.78 is 10.3. The number of hydrogen-bond donors (Lipinski definition) is 2. The Morgan fingerprint density at radius 1 is 1.35 bits per heavy atom. The molecule has 0 saturated carbocycles. The summed E-state index contributed by atoms with van der Waals surface area (Å²) in [6.07, 6.45) is 0.654. The molecule has 0 aliphatic heterocycles. The van der Waals surface area contributed by atoms with Crippen LogP contribution >= 0.6 is 0 Å². The largest absolute Gasteiger partial charge is 0.479 e. The average molecular weight is 278 g/mol. The van der Waals surface area contributed by atoms with E-state index in [2.05, 4.69) is 12.2 Å². The second kappa shape index (κ2) is 9.32. The Kier molecular flexibility index (Phi) is 7.66. The van der Waals surface area contributed by atoms with Crippen molar-refractivity contribution < 1.29 is 14.6 Å². The zero-order valence-corrected chi connectivity index (χ0v) is 12.0. The summed E-state index contributed by atoms with van der Waals surface area (Å²) in [7, 11) is 1.65. The van der Waals surface area contributed by atoms with Gasteiger partial charge in [-0.25, -0.2) is 0 Å². The van der Waals surface area contributed by atoms with Crippen molar-refractivity contribution in [2.24, 2.45) is 0 Å². The summed E-state index contributed by atoms with van der Waals surface area (Å²) in [6.45, 7) is 2.81. The second-order valence-corrected chi connectivity index (χ2v) is 4.57. The quantitative estimate of drug-likeness (QED) is 0.718. The van der Waals surface area contributed by atoms with Crippen LogP contribution in [0.1, 0.15) is 24.9 Å². The SMILES string of the molecule is COCC(CCO)NC(C)c1ccc(OCC#N)cc1. The molecule has 1 rings (SSSR count). The van der Waals surface area contributed by atoms with E-state index in [0.29, 0.717) is 18.8 Å². The first kappa shape index (κ1) is 16.4. The number of rotatable bonds is 9. The first-order valence-corrected chi connectivity index (χ1v) is 6.66. The van der Waals surface area contributed by atoms with E-state index in [9.17, 15) is 0 Å². The van der Waals surface area contributed by atoms with Crippen molar-refractivity contribution in [1.82, 2.24) is 5.32 Å². The number of ether oxygens (including phenoxy) is 2. The molecule has 0 fully saturated rings. The van der Waals surface area contributed by atoms with Crippen LogP contribution in [-0.2, 0) is 4.74 Å². The highest BCUT2D eigenvalue weighted by Crippen LogP contribution is 2.18. The molecule has 0 radical (unpaired) electrons. The lowest BCUT2D eigenvalue weighted by Crippen LogP contribution is -2.35. The fourth-order valence-electron chi connectivity index (χ4n) is 1.99. The van der Waals surface area contributed by atoms with Crippen LogP contribution in [0.25, 0.3) is 0 Å². The van der Waals surface area contributed by atoms with E-state index in [0.717, 1.165) is 5.56 Å². The minimum absolute atomic E-state index is 0.0551. The Morgan fingerprint density at radius 2 is 2.05 bits per heavy atom. The average Bonchev–Trinajstić information content (AvgIpc) is 2.46. The molecule has 0 saturated heterocycles. The first-order valence-electron chi connectivity index (χ1n) is 6.66. The predicted molar refractivity (Wildman–Crippen MR) is 76.5 cm³/mol. The minimum Gasteiger partial charge on any atom is -0.479 e. The van der Waals surface area contributed by atoms with E-state index in [1.54, 1.807) is 7.11 Å². The number of nitriles is 1. The summed E-state index contributed by atoms with van der Waals surface area (Å²) in [4.78, 5) is 0. The van der Waals surface area contributed by atoms with E-state index in [-0.39, 0.29) is 25.3 Å². The standard InChI is InChI=1S/C15H22N2O3/c1-12(17-14(7-9-18)11-19-2)13-3-5-15(6-4-13)20-10-8-16/h3-6,12,14,17-18H,7,9-11H2,1-2H3. The van der Waals surface area contributed by atoms with Gasteiger partial charge in [0.15, 0.2) is 6.61 Å². The number of nitrogens with zero attached hydrogens (tertiary/aromatic N) is 1. The first-order chi connectivity index (χ1) is 9.71. The van der Waals surface area contributed by atoms with Crippen molar-refractivity contribution in [2.75, 3.05) is 26.9 Å². The highest BCUT2D eigenvalue weighted by Gasteiger charge is 2.13. The summed E-state index contributed by atoms with van der Waals surface area (Å²) in [5.41, 5.74) is 1.12. The van der Waals surface area contributed by atoms with E-state index < -0.39 is 0 Å². The summed E-state index contributed by atoms with van der Waals surface area (Å²) in [5.74, 6) is 0.686. The molecule has 2 N–H and O–H groups in total. The van der Waals surface area contributed by atoms with Gasteiger partial charge in [0.05, 0.1) is 6.61 Å². The van der Waals surface area contributed by atoms with Crippen LogP contribution in [0, 0.1) is 11.3 Å². The fraction of sp³-hybridized carbons (Fsp3) is 0.533. The van der Waals surface area contributed by atoms with E-state index in [1.807, 2.05) is 30.3 Å². The molecule has 0 bridgehead atoms. The Hall–Kier alpha value is -1.61. The molecule has 0 spiro atoms. The number of aliphatic hydroxyl groups is 1. The van der Waals surface area contributed by atoms with E-state index in [4.69, 9.17) is 19.8 Å². The van der Waals surface area contributed by atoms with Gasteiger partial charge in [0.25, 0.3) is 0 Å². The van der Waals surface area contributed by atoms with Gasteiger partial charge in [0.1, 0.15) is 11.8 Å². The van der Waals surface area contributed by atoms with Crippen LogP contribution in [0.3, 0.4) is 0 Å². The van der Waals surface area contributed by atoms with Gasteiger partial charge in [-0.2, -0.15) is 5.26 Å². The molecule has 5 heteroatoms. The lowest BCUT2D eigenvalue weighted by molar-refractivity contribution is 0.143. The Labute approximate surface area is 120 Å². The highest BCUT2D eigenvalue weighted by atomic mass is 16.5. The molecule has 20 heavy (non-hydrogen) atoms. The Bertz CT molecular complexity index is 408. The molecular formula is C15H22N2O3. The number of methoxy groups -OCH3 is 1. The Balaban J connectivity index is 2.57. The third-order valence-electron chi connectivity index (χ3n) is 3.01. The van der Waals surface area contributed by atoms with E-state index in [1.165, 1.54) is 0 Å². The highest BCUT2D eigenvalue weighted by molar-refractivity contribution is 5.29. The molecular weight excluding hydrogens is 256 g/mol. The predicted octanol–water partition coefficient (Wildman–Crippen LogP) is 1.64. The maximum atomic E-state index is 9.03. The fourth-order valence-corrected chi connectivity index (χ4v) is 1.99. The molecule has 0 aliphatic rings. The lowest BCUT2D eigenvalue weighted by atomic mass is 10.1. The molecule has 0 aromatic heterocycles. The van der Waals surface area contributed by atoms with Gasteiger partial charge >= 0.3 is 0 Å². The summed E-state index contributed by atoms with van der Waals surface area (Å²) >= 11 is 0. The van der Waals surface area contributed by atoms with Gasteiger partial charge in [0, 0.05) is 25.8 Å². The summed E-state index contributed by atoms with van der Waals surface area (Å²) in [6, 6.07) is 9.83. The van der Waals surface area contributed by atoms with Crippen molar-refractivity contribution in [3.63, 3.8) is 0 Å². The number of benzene rings is 1. The number of nitrogens with one attached hydrogen (secondary N) is 1. The zero-order chi connectivity index (χ0) is 14.8. The maximum Gasteiger partial charge on any atom is 0.174 e. The van der Waals surface area contributed by atoms with Crippen molar-refractivity contribution in [3.05, 3.63) is 29.8 Å². The second-order valence-electron chi connectivity index (χ2n) is 4.57. The van der Waals surface area contributed by atoms with Crippen molar-refractivity contribution in [2.45, 2.75) is 25.4 Å². The third kappa shape index (κ3) is 5.57. The molecule has 2 unspecified atom stereocenters.